The average molecular weight is 403 g/mol. The number of rotatable bonds is 13. The molecule has 0 aliphatic carbocycles. The van der Waals surface area contributed by atoms with E-state index >= 15 is 0 Å². The molecule has 0 saturated carbocycles. The Kier molecular flexibility index (Phi) is 12.2. The van der Waals surface area contributed by atoms with Gasteiger partial charge in [0.1, 0.15) is 11.4 Å². The molecule has 0 spiro atoms. The highest BCUT2D eigenvalue weighted by Crippen LogP contribution is 2.14. The summed E-state index contributed by atoms with van der Waals surface area (Å²) < 4.78 is 10.3. The van der Waals surface area contributed by atoms with Gasteiger partial charge < -0.3 is 9.47 Å². The molecule has 0 aromatic heterocycles. The molecule has 4 nitrogen and oxygen atoms in total. The number of benzene rings is 1. The summed E-state index contributed by atoms with van der Waals surface area (Å²) in [4.78, 5) is 23.5. The molecule has 0 radical (unpaired) electrons. The number of carbonyl (C=O) groups is 2. The van der Waals surface area contributed by atoms with Crippen LogP contribution in [0.15, 0.2) is 24.3 Å². The van der Waals surface area contributed by atoms with E-state index in [9.17, 15) is 9.59 Å². The van der Waals surface area contributed by atoms with Crippen LogP contribution in [-0.4, -0.2) is 30.0 Å². The maximum atomic E-state index is 12.2. The molecule has 0 bridgehead atoms. The molecule has 0 fully saturated rings. The monoisotopic (exact) mass is 402 g/mol. The third-order valence-corrected chi connectivity index (χ3v) is 4.19. The smallest absolute Gasteiger partial charge is 0.339 e. The number of alkyl halides is 2. The summed E-state index contributed by atoms with van der Waals surface area (Å²) in [5, 5.41) is 0. The van der Waals surface area contributed by atoms with E-state index in [4.69, 9.17) is 32.7 Å². The van der Waals surface area contributed by atoms with Crippen LogP contribution in [0.3, 0.4) is 0 Å². The number of hydrogen-bond donors (Lipinski definition) is 0. The van der Waals surface area contributed by atoms with Gasteiger partial charge in [0.2, 0.25) is 0 Å². The minimum Gasteiger partial charge on any atom is -0.462 e. The van der Waals surface area contributed by atoms with Crippen LogP contribution < -0.4 is 0 Å². The number of carbonyl (C=O) groups excluding carboxylic acids is 2. The maximum Gasteiger partial charge on any atom is 0.339 e. The van der Waals surface area contributed by atoms with Crippen molar-refractivity contribution in [3.63, 3.8) is 0 Å². The van der Waals surface area contributed by atoms with Gasteiger partial charge >= 0.3 is 11.9 Å². The van der Waals surface area contributed by atoms with E-state index in [0.29, 0.717) is 6.61 Å². The van der Waals surface area contributed by atoms with Crippen LogP contribution in [0.5, 0.6) is 0 Å². The van der Waals surface area contributed by atoms with E-state index < -0.39 is 16.8 Å². The molecule has 1 rings (SSSR count). The van der Waals surface area contributed by atoms with Gasteiger partial charge in [-0.15, -0.1) is 23.2 Å². The van der Waals surface area contributed by atoms with Gasteiger partial charge in [0.15, 0.2) is 0 Å². The lowest BCUT2D eigenvalue weighted by atomic mass is 10.1. The summed E-state index contributed by atoms with van der Waals surface area (Å²) in [5.41, 5.74) is 0.347. The SMILES string of the molecule is CCCCCCCCCCOC(=O)c1ccccc1C(=O)OCC(Cl)Cl. The summed E-state index contributed by atoms with van der Waals surface area (Å²) in [7, 11) is 0. The molecule has 26 heavy (non-hydrogen) atoms. The Bertz CT molecular complexity index is 546. The number of hydrogen-bond acceptors (Lipinski definition) is 4. The highest BCUT2D eigenvalue weighted by atomic mass is 35.5. The number of ether oxygens (including phenoxy) is 2. The average Bonchev–Trinajstić information content (AvgIpc) is 2.64. The summed E-state index contributed by atoms with van der Waals surface area (Å²) in [6.45, 7) is 2.42. The third kappa shape index (κ3) is 9.44. The van der Waals surface area contributed by atoms with Crippen molar-refractivity contribution in [2.45, 2.75) is 63.1 Å². The number of halogens is 2. The molecule has 146 valence electrons. The number of esters is 2. The van der Waals surface area contributed by atoms with Gasteiger partial charge in [-0.3, -0.25) is 0 Å². The molecule has 0 unspecified atom stereocenters. The first kappa shape index (κ1) is 22.8. The van der Waals surface area contributed by atoms with E-state index in [2.05, 4.69) is 6.92 Å². The van der Waals surface area contributed by atoms with E-state index in [0.717, 1.165) is 19.3 Å². The zero-order chi connectivity index (χ0) is 19.2. The fourth-order valence-corrected chi connectivity index (χ4v) is 2.66. The van der Waals surface area contributed by atoms with Crippen LogP contribution in [-0.2, 0) is 9.47 Å². The molecular weight excluding hydrogens is 375 g/mol. The maximum absolute atomic E-state index is 12.2. The van der Waals surface area contributed by atoms with Crippen molar-refractivity contribution in [3.8, 4) is 0 Å². The van der Waals surface area contributed by atoms with Crippen molar-refractivity contribution in [1.29, 1.82) is 0 Å². The fraction of sp³-hybridized carbons (Fsp3) is 0.600. The van der Waals surface area contributed by atoms with Crippen molar-refractivity contribution in [2.24, 2.45) is 0 Å². The minimum atomic E-state index is -0.806. The quantitative estimate of drug-likeness (QED) is 0.232. The van der Waals surface area contributed by atoms with Gasteiger partial charge in [0.05, 0.1) is 17.7 Å². The minimum absolute atomic E-state index is 0.135. The zero-order valence-electron chi connectivity index (χ0n) is 15.3. The first-order chi connectivity index (χ1) is 12.6. The Hall–Kier alpha value is -1.26. The normalized spacial score (nSPS) is 10.8. The van der Waals surface area contributed by atoms with Crippen molar-refractivity contribution in [2.75, 3.05) is 13.2 Å². The second-order valence-corrected chi connectivity index (χ2v) is 7.42. The standard InChI is InChI=1S/C20H28Cl2O4/c1-2-3-4-5-6-7-8-11-14-25-19(23)16-12-9-10-13-17(16)20(24)26-15-18(21)22/h9-10,12-13,18H,2-8,11,14-15H2,1H3. The lowest BCUT2D eigenvalue weighted by Crippen LogP contribution is -2.16. The second kappa shape index (κ2) is 13.9. The van der Waals surface area contributed by atoms with Gasteiger partial charge in [-0.25, -0.2) is 9.59 Å². The van der Waals surface area contributed by atoms with E-state index in [1.165, 1.54) is 38.2 Å². The van der Waals surface area contributed by atoms with Crippen molar-refractivity contribution < 1.29 is 19.1 Å². The van der Waals surface area contributed by atoms with Crippen LogP contribution in [0.25, 0.3) is 0 Å². The van der Waals surface area contributed by atoms with E-state index in [-0.39, 0.29) is 17.7 Å². The van der Waals surface area contributed by atoms with Crippen LogP contribution in [0.1, 0.15) is 79.0 Å². The molecule has 1 aromatic rings. The molecule has 1 aromatic carbocycles. The van der Waals surface area contributed by atoms with Gasteiger partial charge in [-0.2, -0.15) is 0 Å². The predicted molar refractivity (Wildman–Crippen MR) is 105 cm³/mol. The molecule has 0 aliphatic rings. The fourth-order valence-electron chi connectivity index (χ4n) is 2.53. The highest BCUT2D eigenvalue weighted by molar-refractivity contribution is 6.44. The lowest BCUT2D eigenvalue weighted by Gasteiger charge is -2.10. The van der Waals surface area contributed by atoms with Crippen molar-refractivity contribution in [3.05, 3.63) is 35.4 Å². The third-order valence-electron chi connectivity index (χ3n) is 3.94. The van der Waals surface area contributed by atoms with Gasteiger partial charge in [-0.1, -0.05) is 64.0 Å². The molecular formula is C20H28Cl2O4. The summed E-state index contributed by atoms with van der Waals surface area (Å²) >= 11 is 11.1. The van der Waals surface area contributed by atoms with Crippen LogP contribution in [0, 0.1) is 0 Å². The Morgan fingerprint density at radius 1 is 0.846 bits per heavy atom. The van der Waals surface area contributed by atoms with Crippen LogP contribution >= 0.6 is 23.2 Å². The zero-order valence-corrected chi connectivity index (χ0v) is 16.9. The Morgan fingerprint density at radius 2 is 1.35 bits per heavy atom. The first-order valence-corrected chi connectivity index (χ1v) is 10.1. The Morgan fingerprint density at radius 3 is 1.88 bits per heavy atom. The van der Waals surface area contributed by atoms with Crippen molar-refractivity contribution in [1.82, 2.24) is 0 Å². The van der Waals surface area contributed by atoms with Gasteiger partial charge in [0.25, 0.3) is 0 Å². The first-order valence-electron chi connectivity index (χ1n) is 9.27. The van der Waals surface area contributed by atoms with Gasteiger partial charge in [0, 0.05) is 0 Å². The second-order valence-electron chi connectivity index (χ2n) is 6.15. The van der Waals surface area contributed by atoms with Crippen LogP contribution in [0.4, 0.5) is 0 Å². The molecule has 0 atom stereocenters. The lowest BCUT2D eigenvalue weighted by molar-refractivity contribution is 0.0460. The van der Waals surface area contributed by atoms with E-state index in [1.54, 1.807) is 18.2 Å². The number of unbranched alkanes of at least 4 members (excludes halogenated alkanes) is 7. The summed E-state index contributed by atoms with van der Waals surface area (Å²) in [6.07, 6.45) is 9.37. The summed E-state index contributed by atoms with van der Waals surface area (Å²) in [6, 6.07) is 6.40. The molecule has 0 N–H and O–H groups in total. The Labute approximate surface area is 166 Å². The molecule has 0 heterocycles. The van der Waals surface area contributed by atoms with Crippen LogP contribution in [0.2, 0.25) is 0 Å². The molecule has 0 amide bonds. The predicted octanol–water partition coefficient (Wildman–Crippen LogP) is 5.94. The van der Waals surface area contributed by atoms with Crippen molar-refractivity contribution >= 4 is 35.1 Å². The largest absolute Gasteiger partial charge is 0.462 e. The van der Waals surface area contributed by atoms with E-state index in [1.807, 2.05) is 0 Å². The summed E-state index contributed by atoms with van der Waals surface area (Å²) in [5.74, 6) is -1.16. The topological polar surface area (TPSA) is 52.6 Å². The Balaban J connectivity index is 2.35. The molecule has 0 saturated heterocycles. The highest BCUT2D eigenvalue weighted by Gasteiger charge is 2.19. The van der Waals surface area contributed by atoms with Gasteiger partial charge in [-0.05, 0) is 18.6 Å². The molecule has 0 aliphatic heterocycles. The molecule has 6 heteroatoms.